The van der Waals surface area contributed by atoms with E-state index in [4.69, 9.17) is 8.83 Å². The molecular formula is C25H21F3N4O4S. The van der Waals surface area contributed by atoms with Crippen LogP contribution in [-0.4, -0.2) is 49.9 Å². The van der Waals surface area contributed by atoms with Crippen LogP contribution < -0.4 is 4.90 Å². The first kappa shape index (κ1) is 24.8. The van der Waals surface area contributed by atoms with Gasteiger partial charge in [0.15, 0.2) is 0 Å². The van der Waals surface area contributed by atoms with Crippen molar-refractivity contribution >= 4 is 22.5 Å². The van der Waals surface area contributed by atoms with E-state index in [1.54, 1.807) is 41.5 Å². The Kier molecular flexibility index (Phi) is 7.08. The highest BCUT2D eigenvalue weighted by molar-refractivity contribution is 7.85. The Morgan fingerprint density at radius 3 is 2.41 bits per heavy atom. The molecule has 0 unspecified atom stereocenters. The van der Waals surface area contributed by atoms with Crippen LogP contribution in [0.2, 0.25) is 0 Å². The van der Waals surface area contributed by atoms with Crippen molar-refractivity contribution in [1.82, 2.24) is 15.1 Å². The summed E-state index contributed by atoms with van der Waals surface area (Å²) in [6.07, 6.45) is -1.37. The summed E-state index contributed by atoms with van der Waals surface area (Å²) >= 11 is 0. The number of benzene rings is 2. The van der Waals surface area contributed by atoms with Gasteiger partial charge in [-0.3, -0.25) is 9.11 Å². The molecule has 0 aliphatic carbocycles. The number of amides is 2. The fourth-order valence-electron chi connectivity index (χ4n) is 3.94. The molecule has 8 nitrogen and oxygen atoms in total. The summed E-state index contributed by atoms with van der Waals surface area (Å²) < 4.78 is 62.8. The molecule has 1 saturated heterocycles. The first-order valence-corrected chi connectivity index (χ1v) is 12.8. The van der Waals surface area contributed by atoms with E-state index in [1.807, 2.05) is 6.07 Å². The zero-order chi connectivity index (χ0) is 25.9. The lowest BCUT2D eigenvalue weighted by molar-refractivity contribution is 0.116. The predicted octanol–water partition coefficient (Wildman–Crippen LogP) is 5.26. The Morgan fingerprint density at radius 1 is 1.05 bits per heavy atom. The van der Waals surface area contributed by atoms with Crippen molar-refractivity contribution in [1.29, 1.82) is 0 Å². The van der Waals surface area contributed by atoms with Crippen molar-refractivity contribution in [3.63, 3.8) is 0 Å². The van der Waals surface area contributed by atoms with Gasteiger partial charge in [0, 0.05) is 57.8 Å². The second-order valence-corrected chi connectivity index (χ2v) is 9.98. The Bertz CT molecular complexity index is 1400. The van der Waals surface area contributed by atoms with Crippen LogP contribution in [0.4, 0.5) is 23.7 Å². The van der Waals surface area contributed by atoms with E-state index in [9.17, 15) is 17.8 Å². The van der Waals surface area contributed by atoms with Crippen LogP contribution in [-0.2, 0) is 17.3 Å². The number of furan rings is 1. The second-order valence-electron chi connectivity index (χ2n) is 8.28. The molecule has 192 valence electrons. The smallest absolute Gasteiger partial charge is 0.324 e. The van der Waals surface area contributed by atoms with Gasteiger partial charge in [0.2, 0.25) is 5.89 Å². The Labute approximate surface area is 212 Å². The number of rotatable bonds is 6. The van der Waals surface area contributed by atoms with Gasteiger partial charge in [-0.1, -0.05) is 6.07 Å². The molecule has 3 heterocycles. The van der Waals surface area contributed by atoms with E-state index in [0.29, 0.717) is 36.0 Å². The van der Waals surface area contributed by atoms with Crippen LogP contribution in [0.5, 0.6) is 0 Å². The van der Waals surface area contributed by atoms with E-state index in [1.165, 1.54) is 17.0 Å². The number of carbonyl (C=O) groups excluding carboxylic acids is 1. The van der Waals surface area contributed by atoms with Gasteiger partial charge in [-0.05, 0) is 48.5 Å². The summed E-state index contributed by atoms with van der Waals surface area (Å²) in [5, 5.41) is 6.81. The summed E-state index contributed by atoms with van der Waals surface area (Å²) in [4.78, 5) is 16.5. The largest absolute Gasteiger partial charge is 0.464 e. The molecule has 0 bridgehead atoms. The zero-order valence-electron chi connectivity index (χ0n) is 19.4. The van der Waals surface area contributed by atoms with Crippen LogP contribution in [0, 0.1) is 5.82 Å². The number of halogens is 3. The molecule has 2 aromatic carbocycles. The zero-order valence-corrected chi connectivity index (χ0v) is 20.2. The van der Waals surface area contributed by atoms with E-state index < -0.39 is 28.9 Å². The molecule has 4 aromatic rings. The van der Waals surface area contributed by atoms with Gasteiger partial charge in [-0.15, -0.1) is 10.2 Å². The van der Waals surface area contributed by atoms with Gasteiger partial charge in [0.1, 0.15) is 11.6 Å². The van der Waals surface area contributed by atoms with Crippen molar-refractivity contribution in [3.05, 3.63) is 78.1 Å². The summed E-state index contributed by atoms with van der Waals surface area (Å²) in [6, 6.07) is 14.3. The topological polar surface area (TPSA) is 92.7 Å². The summed E-state index contributed by atoms with van der Waals surface area (Å²) in [6.45, 7) is 0.561. The molecule has 1 fully saturated rings. The summed E-state index contributed by atoms with van der Waals surface area (Å²) in [5.74, 6) is -0.324. The summed E-state index contributed by atoms with van der Waals surface area (Å²) in [7, 11) is -0.969. The fourth-order valence-corrected chi connectivity index (χ4v) is 4.99. The number of carbonyl (C=O) groups is 1. The standard InChI is InChI=1S/C25H21F3N4O4S/c26-20-14-17(23-29-30-24(36-23)22(27)28)3-4-18(20)15-32(25(33)31-9-12-37(34)13-10-31)19-7-5-16(6-8-19)21-2-1-11-35-21/h1-8,11,14,22H,9-10,12-13,15H2. The molecular weight excluding hydrogens is 509 g/mol. The average Bonchev–Trinajstić information content (AvgIpc) is 3.61. The van der Waals surface area contributed by atoms with Crippen molar-refractivity contribution in [3.8, 4) is 22.8 Å². The quantitative estimate of drug-likeness (QED) is 0.338. The second kappa shape index (κ2) is 10.6. The van der Waals surface area contributed by atoms with E-state index in [2.05, 4.69) is 10.2 Å². The lowest BCUT2D eigenvalue weighted by atomic mass is 10.1. The Hall–Kier alpha value is -3.93. The number of hydrogen-bond acceptors (Lipinski definition) is 6. The van der Waals surface area contributed by atoms with E-state index in [0.717, 1.165) is 11.6 Å². The van der Waals surface area contributed by atoms with Crippen molar-refractivity contribution in [2.24, 2.45) is 0 Å². The Morgan fingerprint density at radius 2 is 1.78 bits per heavy atom. The van der Waals surface area contributed by atoms with Gasteiger partial charge >= 0.3 is 12.5 Å². The molecule has 2 aromatic heterocycles. The number of urea groups is 1. The number of alkyl halides is 2. The third-order valence-electron chi connectivity index (χ3n) is 5.92. The van der Waals surface area contributed by atoms with Gasteiger partial charge in [0.05, 0.1) is 12.8 Å². The monoisotopic (exact) mass is 530 g/mol. The number of hydrogen-bond donors (Lipinski definition) is 0. The molecule has 0 radical (unpaired) electrons. The van der Waals surface area contributed by atoms with Crippen molar-refractivity contribution in [2.75, 3.05) is 29.5 Å². The number of nitrogens with zero attached hydrogens (tertiary/aromatic N) is 4. The third-order valence-corrected chi connectivity index (χ3v) is 7.20. The lowest BCUT2D eigenvalue weighted by Crippen LogP contribution is -2.48. The highest BCUT2D eigenvalue weighted by atomic mass is 32.2. The first-order chi connectivity index (χ1) is 17.9. The fraction of sp³-hybridized carbons (Fsp3) is 0.240. The van der Waals surface area contributed by atoms with Gasteiger partial charge in [-0.25, -0.2) is 9.18 Å². The maximum atomic E-state index is 15.1. The minimum Gasteiger partial charge on any atom is -0.464 e. The lowest BCUT2D eigenvalue weighted by Gasteiger charge is -2.33. The minimum atomic E-state index is -2.93. The van der Waals surface area contributed by atoms with Gasteiger partial charge in [-0.2, -0.15) is 8.78 Å². The Balaban J connectivity index is 1.43. The van der Waals surface area contributed by atoms with Crippen LogP contribution in [0.3, 0.4) is 0 Å². The predicted molar refractivity (Wildman–Crippen MR) is 130 cm³/mol. The van der Waals surface area contributed by atoms with Crippen LogP contribution in [0.25, 0.3) is 22.8 Å². The maximum Gasteiger partial charge on any atom is 0.324 e. The molecule has 0 saturated carbocycles. The molecule has 37 heavy (non-hydrogen) atoms. The van der Waals surface area contributed by atoms with E-state index >= 15 is 4.39 Å². The minimum absolute atomic E-state index is 0.100. The molecule has 12 heteroatoms. The number of aromatic nitrogens is 2. The van der Waals surface area contributed by atoms with Crippen LogP contribution in [0.15, 0.2) is 69.7 Å². The molecule has 1 aliphatic rings. The molecule has 0 spiro atoms. The van der Waals surface area contributed by atoms with Crippen LogP contribution in [0.1, 0.15) is 17.9 Å². The molecule has 0 N–H and O–H groups in total. The van der Waals surface area contributed by atoms with Crippen molar-refractivity contribution in [2.45, 2.75) is 13.0 Å². The molecule has 2 amide bonds. The number of anilines is 1. The highest BCUT2D eigenvalue weighted by Gasteiger charge is 2.27. The van der Waals surface area contributed by atoms with Crippen LogP contribution >= 0.6 is 0 Å². The SMILES string of the molecule is O=C(N1CCS(=O)CC1)N(Cc1ccc(-c2nnc(C(F)F)o2)cc1F)c1ccc(-c2ccco2)cc1. The third kappa shape index (κ3) is 5.43. The average molecular weight is 531 g/mol. The maximum absolute atomic E-state index is 15.1. The summed E-state index contributed by atoms with van der Waals surface area (Å²) in [5.41, 5.74) is 1.68. The van der Waals surface area contributed by atoms with Crippen molar-refractivity contribution < 1.29 is 31.0 Å². The normalized spacial score (nSPS) is 14.3. The highest BCUT2D eigenvalue weighted by Crippen LogP contribution is 2.28. The molecule has 0 atom stereocenters. The molecule has 1 aliphatic heterocycles. The van der Waals surface area contributed by atoms with E-state index in [-0.39, 0.29) is 29.6 Å². The molecule has 5 rings (SSSR count). The van der Waals surface area contributed by atoms with Gasteiger partial charge in [0.25, 0.3) is 5.89 Å². The van der Waals surface area contributed by atoms with Gasteiger partial charge < -0.3 is 13.7 Å². The first-order valence-electron chi connectivity index (χ1n) is 11.3.